The van der Waals surface area contributed by atoms with Gasteiger partial charge in [-0.05, 0) is 55.0 Å². The molecule has 1 aliphatic rings. The van der Waals surface area contributed by atoms with Crippen LogP contribution in [0, 0.1) is 0 Å². The molecule has 0 bridgehead atoms. The molecule has 1 heterocycles. The predicted octanol–water partition coefficient (Wildman–Crippen LogP) is 3.82. The van der Waals surface area contributed by atoms with Crippen LogP contribution < -0.4 is 14.8 Å². The average molecular weight is 473 g/mol. The van der Waals surface area contributed by atoms with Gasteiger partial charge in [-0.25, -0.2) is 4.79 Å². The maximum atomic E-state index is 10.8. The molecule has 0 saturated carbocycles. The largest absolute Gasteiger partial charge is 0.494 e. The highest BCUT2D eigenvalue weighted by atomic mass is 35.5. The van der Waals surface area contributed by atoms with Gasteiger partial charge in [-0.1, -0.05) is 0 Å². The van der Waals surface area contributed by atoms with Gasteiger partial charge in [0.2, 0.25) is 0 Å². The number of nitrogens with zero attached hydrogens (tertiary/aromatic N) is 1. The van der Waals surface area contributed by atoms with E-state index in [-0.39, 0.29) is 30.4 Å². The molecule has 1 fully saturated rings. The number of carboxylic acids is 1. The van der Waals surface area contributed by atoms with Crippen molar-refractivity contribution >= 4 is 36.5 Å². The molecule has 0 spiro atoms. The smallest absolute Gasteiger partial charge is 0.335 e. The molecular formula is C22H30Cl2N2O5. The van der Waals surface area contributed by atoms with E-state index >= 15 is 0 Å². The van der Waals surface area contributed by atoms with Crippen LogP contribution in [0.25, 0.3) is 0 Å². The van der Waals surface area contributed by atoms with Gasteiger partial charge in [0.1, 0.15) is 18.1 Å². The molecule has 1 saturated heterocycles. The summed E-state index contributed by atoms with van der Waals surface area (Å²) >= 11 is 0. The molecule has 2 aromatic rings. The summed E-state index contributed by atoms with van der Waals surface area (Å²) in [5.41, 5.74) is 1.30. The van der Waals surface area contributed by atoms with Crippen molar-refractivity contribution in [3.63, 3.8) is 0 Å². The van der Waals surface area contributed by atoms with Crippen LogP contribution in [0.4, 0.5) is 5.69 Å². The summed E-state index contributed by atoms with van der Waals surface area (Å²) < 4.78 is 16.8. The number of rotatable bonds is 11. The minimum atomic E-state index is -0.936. The minimum absolute atomic E-state index is 0. The van der Waals surface area contributed by atoms with Crippen LogP contribution in [0.1, 0.15) is 16.8 Å². The molecule has 2 N–H and O–H groups in total. The molecular weight excluding hydrogens is 443 g/mol. The molecule has 31 heavy (non-hydrogen) atoms. The second-order valence-corrected chi connectivity index (χ2v) is 6.79. The molecule has 9 heteroatoms. The van der Waals surface area contributed by atoms with Gasteiger partial charge < -0.3 is 24.6 Å². The van der Waals surface area contributed by atoms with Crippen molar-refractivity contribution in [3.05, 3.63) is 54.1 Å². The van der Waals surface area contributed by atoms with E-state index in [2.05, 4.69) is 10.2 Å². The number of hydrogen-bond donors (Lipinski definition) is 2. The third-order valence-corrected chi connectivity index (χ3v) is 4.65. The van der Waals surface area contributed by atoms with E-state index in [1.165, 1.54) is 0 Å². The molecule has 0 unspecified atom stereocenters. The molecule has 0 amide bonds. The molecule has 0 radical (unpaired) electrons. The van der Waals surface area contributed by atoms with Crippen molar-refractivity contribution in [2.75, 3.05) is 57.9 Å². The van der Waals surface area contributed by atoms with Crippen LogP contribution in [0.3, 0.4) is 0 Å². The summed E-state index contributed by atoms with van der Waals surface area (Å²) in [6, 6.07) is 14.4. The fourth-order valence-electron chi connectivity index (χ4n) is 2.98. The highest BCUT2D eigenvalue weighted by molar-refractivity contribution is 5.87. The summed E-state index contributed by atoms with van der Waals surface area (Å²) in [4.78, 5) is 13.2. The Bertz CT molecular complexity index is 754. The Morgan fingerprint density at radius 3 is 2.13 bits per heavy atom. The molecule has 2 aromatic carbocycles. The van der Waals surface area contributed by atoms with Gasteiger partial charge in [-0.3, -0.25) is 4.90 Å². The normalized spacial score (nSPS) is 13.4. The highest BCUT2D eigenvalue weighted by Gasteiger charge is 2.09. The number of carbonyl (C=O) groups is 1. The Balaban J connectivity index is 0.00000240. The third kappa shape index (κ3) is 9.65. The van der Waals surface area contributed by atoms with Crippen molar-refractivity contribution in [2.45, 2.75) is 6.42 Å². The fraction of sp³-hybridized carbons (Fsp3) is 0.409. The number of halogens is 2. The van der Waals surface area contributed by atoms with Crippen molar-refractivity contribution in [2.24, 2.45) is 0 Å². The van der Waals surface area contributed by atoms with Gasteiger partial charge in [0.25, 0.3) is 0 Å². The Kier molecular flexibility index (Phi) is 12.8. The van der Waals surface area contributed by atoms with E-state index in [1.807, 2.05) is 24.3 Å². The topological polar surface area (TPSA) is 80.3 Å². The van der Waals surface area contributed by atoms with E-state index in [9.17, 15) is 4.79 Å². The van der Waals surface area contributed by atoms with E-state index in [0.29, 0.717) is 19.0 Å². The number of anilines is 1. The maximum Gasteiger partial charge on any atom is 0.335 e. The molecule has 7 nitrogen and oxygen atoms in total. The fourth-order valence-corrected chi connectivity index (χ4v) is 2.98. The molecule has 3 rings (SSSR count). The standard InChI is InChI=1S/C22H28N2O5.2ClH/c25-22(26)18-2-6-20(7-3-18)28-14-1-10-23-19-4-8-21(9-5-19)29-17-13-24-11-15-27-16-12-24;;/h2-9,23H,1,10-17H2,(H,25,26);2*1H. The first kappa shape index (κ1) is 26.8. The number of morpholine rings is 1. The lowest BCUT2D eigenvalue weighted by molar-refractivity contribution is 0.0322. The number of nitrogens with one attached hydrogen (secondary N) is 1. The number of aromatic carboxylic acids is 1. The van der Waals surface area contributed by atoms with Gasteiger partial charge >= 0.3 is 5.97 Å². The lowest BCUT2D eigenvalue weighted by atomic mass is 10.2. The minimum Gasteiger partial charge on any atom is -0.494 e. The average Bonchev–Trinajstić information content (AvgIpc) is 2.76. The second kappa shape index (κ2) is 14.8. The Labute approximate surface area is 195 Å². The molecule has 172 valence electrons. The van der Waals surface area contributed by atoms with Gasteiger partial charge in [-0.15, -0.1) is 24.8 Å². The van der Waals surface area contributed by atoms with E-state index in [1.54, 1.807) is 24.3 Å². The first-order valence-corrected chi connectivity index (χ1v) is 9.94. The van der Waals surface area contributed by atoms with Crippen LogP contribution in [-0.2, 0) is 4.74 Å². The maximum absolute atomic E-state index is 10.8. The first-order valence-electron chi connectivity index (χ1n) is 9.94. The van der Waals surface area contributed by atoms with E-state index in [0.717, 1.165) is 57.3 Å². The van der Waals surface area contributed by atoms with Crippen molar-refractivity contribution in [1.29, 1.82) is 0 Å². The number of ether oxygens (including phenoxy) is 3. The monoisotopic (exact) mass is 472 g/mol. The summed E-state index contributed by atoms with van der Waals surface area (Å²) in [6.07, 6.45) is 0.832. The van der Waals surface area contributed by atoms with Crippen LogP contribution in [0.15, 0.2) is 48.5 Å². The molecule has 1 aliphatic heterocycles. The number of benzene rings is 2. The van der Waals surface area contributed by atoms with Crippen LogP contribution in [0.2, 0.25) is 0 Å². The van der Waals surface area contributed by atoms with Crippen LogP contribution in [-0.4, -0.2) is 68.6 Å². The molecule has 0 aromatic heterocycles. The van der Waals surface area contributed by atoms with Crippen molar-refractivity contribution < 1.29 is 24.1 Å². The van der Waals surface area contributed by atoms with Crippen molar-refractivity contribution in [1.82, 2.24) is 4.90 Å². The SMILES string of the molecule is Cl.Cl.O=C(O)c1ccc(OCCCNc2ccc(OCCN3CCOCC3)cc2)cc1. The van der Waals surface area contributed by atoms with Crippen LogP contribution >= 0.6 is 24.8 Å². The first-order chi connectivity index (χ1) is 14.2. The van der Waals surface area contributed by atoms with E-state index < -0.39 is 5.97 Å². The summed E-state index contributed by atoms with van der Waals surface area (Å²) in [5, 5.41) is 12.2. The predicted molar refractivity (Wildman–Crippen MR) is 126 cm³/mol. The highest BCUT2D eigenvalue weighted by Crippen LogP contribution is 2.16. The lowest BCUT2D eigenvalue weighted by Gasteiger charge is -2.26. The summed E-state index contributed by atoms with van der Waals surface area (Å²) in [5.74, 6) is 0.611. The Morgan fingerprint density at radius 1 is 0.935 bits per heavy atom. The van der Waals surface area contributed by atoms with E-state index in [4.69, 9.17) is 19.3 Å². The number of hydrogen-bond acceptors (Lipinski definition) is 6. The third-order valence-electron chi connectivity index (χ3n) is 4.65. The Hall–Kier alpha value is -2.19. The van der Waals surface area contributed by atoms with Crippen LogP contribution in [0.5, 0.6) is 11.5 Å². The second-order valence-electron chi connectivity index (χ2n) is 6.79. The quantitative estimate of drug-likeness (QED) is 0.481. The zero-order valence-corrected chi connectivity index (χ0v) is 19.0. The molecule has 0 atom stereocenters. The van der Waals surface area contributed by atoms with Gasteiger partial charge in [0.15, 0.2) is 0 Å². The summed E-state index contributed by atoms with van der Waals surface area (Å²) in [7, 11) is 0. The van der Waals surface area contributed by atoms with Gasteiger partial charge in [0.05, 0.1) is 25.4 Å². The zero-order chi connectivity index (χ0) is 20.3. The number of carboxylic acid groups (broad SMARTS) is 1. The van der Waals surface area contributed by atoms with Crippen molar-refractivity contribution in [3.8, 4) is 11.5 Å². The summed E-state index contributed by atoms with van der Waals surface area (Å²) in [6.45, 7) is 6.50. The zero-order valence-electron chi connectivity index (χ0n) is 17.3. The lowest BCUT2D eigenvalue weighted by Crippen LogP contribution is -2.38. The Morgan fingerprint density at radius 2 is 1.52 bits per heavy atom. The molecule has 0 aliphatic carbocycles. The van der Waals surface area contributed by atoms with Gasteiger partial charge in [0, 0.05) is 31.9 Å². The van der Waals surface area contributed by atoms with Gasteiger partial charge in [-0.2, -0.15) is 0 Å².